The van der Waals surface area contributed by atoms with Crippen LogP contribution in [0.5, 0.6) is 17.2 Å². The van der Waals surface area contributed by atoms with Gasteiger partial charge in [0.2, 0.25) is 0 Å². The average molecular weight is 392 g/mol. The molecule has 0 radical (unpaired) electrons. The van der Waals surface area contributed by atoms with Crippen molar-refractivity contribution in [3.8, 4) is 17.2 Å². The lowest BCUT2D eigenvalue weighted by molar-refractivity contribution is 0.104. The first-order chi connectivity index (χ1) is 13.7. The number of phenols is 3. The normalized spacial score (nSPS) is 12.0. The Bertz CT molecular complexity index is 963. The Balaban J connectivity index is 2.32. The number of allylic oxidation sites excluding steroid dienone is 4. The summed E-state index contributed by atoms with van der Waals surface area (Å²) in [4.78, 5) is 12.6. The van der Waals surface area contributed by atoms with Crippen molar-refractivity contribution in [1.82, 2.24) is 0 Å². The Kier molecular flexibility index (Phi) is 7.43. The first-order valence-electron chi connectivity index (χ1n) is 9.53. The minimum Gasteiger partial charge on any atom is -0.508 e. The highest BCUT2D eigenvalue weighted by Gasteiger charge is 2.20. The molecule has 0 amide bonds. The number of carbonyl (C=O) groups is 1. The predicted molar refractivity (Wildman–Crippen MR) is 117 cm³/mol. The molecule has 0 aliphatic rings. The summed E-state index contributed by atoms with van der Waals surface area (Å²) in [6.07, 6.45) is 6.00. The topological polar surface area (TPSA) is 77.8 Å². The fourth-order valence-electron chi connectivity index (χ4n) is 2.99. The van der Waals surface area contributed by atoms with Crippen LogP contribution in [0.2, 0.25) is 0 Å². The molecule has 0 unspecified atom stereocenters. The lowest BCUT2D eigenvalue weighted by Gasteiger charge is -2.18. The second kappa shape index (κ2) is 9.78. The van der Waals surface area contributed by atoms with Gasteiger partial charge in [-0.2, -0.15) is 0 Å². The zero-order valence-corrected chi connectivity index (χ0v) is 17.1. The molecule has 2 aromatic carbocycles. The molecule has 1 atom stereocenters. The summed E-state index contributed by atoms with van der Waals surface area (Å²) < 4.78 is 0. The zero-order valence-electron chi connectivity index (χ0n) is 17.1. The van der Waals surface area contributed by atoms with Gasteiger partial charge in [0.1, 0.15) is 17.2 Å². The fraction of sp³-hybridized carbons (Fsp3) is 0.240. The molecule has 0 aliphatic heterocycles. The summed E-state index contributed by atoms with van der Waals surface area (Å²) in [6, 6.07) is 9.49. The third kappa shape index (κ3) is 5.85. The Morgan fingerprint density at radius 3 is 2.34 bits per heavy atom. The Labute approximate surface area is 172 Å². The minimum absolute atomic E-state index is 0.0314. The molecule has 29 heavy (non-hydrogen) atoms. The quantitative estimate of drug-likeness (QED) is 0.302. The van der Waals surface area contributed by atoms with Gasteiger partial charge in [0.05, 0.1) is 5.56 Å². The number of ketones is 1. The summed E-state index contributed by atoms with van der Waals surface area (Å²) in [7, 11) is 0. The van der Waals surface area contributed by atoms with E-state index < -0.39 is 5.78 Å². The fourth-order valence-corrected chi connectivity index (χ4v) is 2.99. The van der Waals surface area contributed by atoms with E-state index in [4.69, 9.17) is 0 Å². The molecule has 0 saturated heterocycles. The number of hydrogen-bond acceptors (Lipinski definition) is 4. The largest absolute Gasteiger partial charge is 0.508 e. The van der Waals surface area contributed by atoms with Gasteiger partial charge in [0, 0.05) is 11.1 Å². The number of benzene rings is 2. The second-order valence-corrected chi connectivity index (χ2v) is 7.48. The van der Waals surface area contributed by atoms with Crippen molar-refractivity contribution in [2.24, 2.45) is 5.92 Å². The molecule has 0 heterocycles. The van der Waals surface area contributed by atoms with E-state index in [1.807, 2.05) is 20.8 Å². The summed E-state index contributed by atoms with van der Waals surface area (Å²) in [5.74, 6) is -0.588. The van der Waals surface area contributed by atoms with Crippen LogP contribution in [0.15, 0.2) is 66.3 Å². The van der Waals surface area contributed by atoms with Gasteiger partial charge in [0.25, 0.3) is 0 Å². The molecular weight excluding hydrogens is 364 g/mol. The van der Waals surface area contributed by atoms with Crippen LogP contribution in [0, 0.1) is 5.92 Å². The van der Waals surface area contributed by atoms with Crippen molar-refractivity contribution in [1.29, 1.82) is 0 Å². The van der Waals surface area contributed by atoms with Crippen LogP contribution in [-0.4, -0.2) is 21.1 Å². The number of para-hydroxylation sites is 1. The molecule has 0 fully saturated rings. The van der Waals surface area contributed by atoms with Crippen molar-refractivity contribution in [3.05, 3.63) is 83.0 Å². The molecule has 0 aromatic heterocycles. The predicted octanol–water partition coefficient (Wildman–Crippen LogP) is 5.79. The molecule has 0 aliphatic carbocycles. The van der Waals surface area contributed by atoms with E-state index in [0.29, 0.717) is 17.5 Å². The maximum atomic E-state index is 12.6. The number of hydrogen-bond donors (Lipinski definition) is 3. The summed E-state index contributed by atoms with van der Waals surface area (Å²) in [5.41, 5.74) is 3.07. The van der Waals surface area contributed by atoms with Gasteiger partial charge in [-0.15, -0.1) is 0 Å². The molecule has 3 N–H and O–H groups in total. The van der Waals surface area contributed by atoms with Crippen LogP contribution in [0.3, 0.4) is 0 Å². The SMILES string of the molecule is C=C(C)[C@@H](CC=C(C)C)Cc1c(O)ccc(C(=O)/C=C/c2ccccc2O)c1O. The number of carbonyl (C=O) groups excluding carboxylic acids is 1. The van der Waals surface area contributed by atoms with Gasteiger partial charge in [0.15, 0.2) is 5.78 Å². The lowest BCUT2D eigenvalue weighted by atomic mass is 9.88. The third-order valence-corrected chi connectivity index (χ3v) is 4.83. The smallest absolute Gasteiger partial charge is 0.189 e. The third-order valence-electron chi connectivity index (χ3n) is 4.83. The molecule has 2 rings (SSSR count). The standard InChI is InChI=1S/C25H28O4/c1-16(2)9-10-19(17(3)4)15-21-24(28)14-12-20(25(21)29)23(27)13-11-18-7-5-6-8-22(18)26/h5-9,11-14,19,26,28-29H,3,10,15H2,1-2,4H3/b13-11+/t19-/m0/s1. The lowest BCUT2D eigenvalue weighted by Crippen LogP contribution is -2.07. The van der Waals surface area contributed by atoms with Crippen molar-refractivity contribution in [3.63, 3.8) is 0 Å². The van der Waals surface area contributed by atoms with Crippen molar-refractivity contribution in [2.75, 3.05) is 0 Å². The molecule has 4 nitrogen and oxygen atoms in total. The van der Waals surface area contributed by atoms with Gasteiger partial charge in [-0.25, -0.2) is 0 Å². The van der Waals surface area contributed by atoms with Gasteiger partial charge >= 0.3 is 0 Å². The number of phenolic OH excluding ortho intramolecular Hbond substituents is 3. The van der Waals surface area contributed by atoms with E-state index in [0.717, 1.165) is 12.0 Å². The summed E-state index contributed by atoms with van der Waals surface area (Å²) in [6.45, 7) is 9.97. The maximum Gasteiger partial charge on any atom is 0.189 e. The van der Waals surface area contributed by atoms with Gasteiger partial charge in [-0.3, -0.25) is 4.79 Å². The first-order valence-corrected chi connectivity index (χ1v) is 9.53. The molecule has 0 spiro atoms. The van der Waals surface area contributed by atoms with Crippen molar-refractivity contribution >= 4 is 11.9 Å². The maximum absolute atomic E-state index is 12.6. The van der Waals surface area contributed by atoms with E-state index in [1.165, 1.54) is 35.9 Å². The Hall–Kier alpha value is -3.27. The van der Waals surface area contributed by atoms with E-state index in [9.17, 15) is 20.1 Å². The minimum atomic E-state index is -0.414. The Morgan fingerprint density at radius 1 is 1.03 bits per heavy atom. The van der Waals surface area contributed by atoms with Crippen LogP contribution >= 0.6 is 0 Å². The van der Waals surface area contributed by atoms with Crippen LogP contribution in [0.25, 0.3) is 6.08 Å². The number of aromatic hydroxyl groups is 3. The number of rotatable bonds is 8. The van der Waals surface area contributed by atoms with Crippen molar-refractivity contribution in [2.45, 2.75) is 33.6 Å². The monoisotopic (exact) mass is 392 g/mol. The molecular formula is C25H28O4. The zero-order chi connectivity index (χ0) is 21.6. The van der Waals surface area contributed by atoms with Gasteiger partial charge < -0.3 is 15.3 Å². The van der Waals surface area contributed by atoms with Crippen LogP contribution in [0.4, 0.5) is 0 Å². The van der Waals surface area contributed by atoms with E-state index in [1.54, 1.807) is 18.2 Å². The molecule has 2 aromatic rings. The van der Waals surface area contributed by atoms with Crippen LogP contribution in [0.1, 0.15) is 48.7 Å². The van der Waals surface area contributed by atoms with Crippen molar-refractivity contribution < 1.29 is 20.1 Å². The second-order valence-electron chi connectivity index (χ2n) is 7.48. The van der Waals surface area contributed by atoms with E-state index in [-0.39, 0.29) is 28.7 Å². The molecule has 4 heteroatoms. The molecule has 0 bridgehead atoms. The van der Waals surface area contributed by atoms with E-state index >= 15 is 0 Å². The highest BCUT2D eigenvalue weighted by Crippen LogP contribution is 2.35. The van der Waals surface area contributed by atoms with Gasteiger partial charge in [-0.05, 0) is 69.9 Å². The van der Waals surface area contributed by atoms with Gasteiger partial charge in [-0.1, -0.05) is 42.0 Å². The average Bonchev–Trinajstić information content (AvgIpc) is 2.66. The van der Waals surface area contributed by atoms with E-state index in [2.05, 4.69) is 12.7 Å². The summed E-state index contributed by atoms with van der Waals surface area (Å²) in [5, 5.41) is 30.8. The van der Waals surface area contributed by atoms with Crippen LogP contribution in [-0.2, 0) is 6.42 Å². The summed E-state index contributed by atoms with van der Waals surface area (Å²) >= 11 is 0. The molecule has 0 saturated carbocycles. The highest BCUT2D eigenvalue weighted by atomic mass is 16.3. The molecule has 152 valence electrons. The first kappa shape index (κ1) is 22.0. The Morgan fingerprint density at radius 2 is 1.72 bits per heavy atom. The highest BCUT2D eigenvalue weighted by molar-refractivity contribution is 6.09. The van der Waals surface area contributed by atoms with Crippen LogP contribution < -0.4 is 0 Å².